The van der Waals surface area contributed by atoms with E-state index in [9.17, 15) is 9.59 Å². The molecule has 1 amide bonds. The van der Waals surface area contributed by atoms with Crippen LogP contribution in [0.4, 0.5) is 4.79 Å². The molecular weight excluding hydrogens is 360 g/mol. The average molecular weight is 388 g/mol. The molecule has 0 aliphatic heterocycles. The number of rotatable bonds is 9. The van der Waals surface area contributed by atoms with Crippen molar-refractivity contribution in [2.75, 3.05) is 6.54 Å². The van der Waals surface area contributed by atoms with Gasteiger partial charge in [-0.15, -0.1) is 0 Å². The van der Waals surface area contributed by atoms with E-state index in [0.717, 1.165) is 11.9 Å². The van der Waals surface area contributed by atoms with Gasteiger partial charge < -0.3 is 20.5 Å². The Bertz CT molecular complexity index is 711. The Hall–Kier alpha value is -2.90. The highest BCUT2D eigenvalue weighted by atomic mass is 16.6. The largest absolute Gasteiger partial charge is 0.460 e. The molecule has 0 unspecified atom stereocenters. The van der Waals surface area contributed by atoms with Crippen LogP contribution in [0, 0.1) is 0 Å². The fourth-order valence-corrected chi connectivity index (χ4v) is 2.59. The number of alkyl carbamates (subject to hydrolysis) is 1. The monoisotopic (exact) mass is 388 g/mol. The Kier molecular flexibility index (Phi) is 7.98. The molecule has 0 bridgehead atoms. The summed E-state index contributed by atoms with van der Waals surface area (Å²) >= 11 is 0. The van der Waals surface area contributed by atoms with Crippen LogP contribution < -0.4 is 11.1 Å². The van der Waals surface area contributed by atoms with Crippen molar-refractivity contribution < 1.29 is 19.1 Å². The molecule has 8 heteroatoms. The van der Waals surface area contributed by atoms with E-state index in [4.69, 9.17) is 15.2 Å². The Morgan fingerprint density at radius 2 is 1.89 bits per heavy atom. The van der Waals surface area contributed by atoms with Crippen LogP contribution in [0.2, 0.25) is 0 Å². The van der Waals surface area contributed by atoms with Crippen molar-refractivity contribution in [1.29, 1.82) is 0 Å². The molecule has 1 fully saturated rings. The first kappa shape index (κ1) is 21.4. The van der Waals surface area contributed by atoms with Gasteiger partial charge in [0.15, 0.2) is 0 Å². The van der Waals surface area contributed by atoms with E-state index in [1.807, 2.05) is 19.1 Å². The molecule has 0 aromatic heterocycles. The van der Waals surface area contributed by atoms with Gasteiger partial charge in [0.2, 0.25) is 6.10 Å². The third kappa shape index (κ3) is 7.02. The molecule has 3 N–H and O–H groups in total. The minimum Gasteiger partial charge on any atom is -0.460 e. The van der Waals surface area contributed by atoms with Crippen LogP contribution in [0.3, 0.4) is 0 Å². The lowest BCUT2D eigenvalue weighted by Crippen LogP contribution is -2.38. The van der Waals surface area contributed by atoms with E-state index in [1.165, 1.54) is 24.7 Å². The van der Waals surface area contributed by atoms with Crippen molar-refractivity contribution >= 4 is 24.7 Å². The minimum atomic E-state index is -1.17. The quantitative estimate of drug-likeness (QED) is 0.383. The zero-order valence-corrected chi connectivity index (χ0v) is 16.5. The second-order valence-corrected chi connectivity index (χ2v) is 6.97. The molecule has 1 aliphatic rings. The van der Waals surface area contributed by atoms with Crippen LogP contribution in [0.25, 0.3) is 0 Å². The van der Waals surface area contributed by atoms with Gasteiger partial charge in [-0.05, 0) is 50.7 Å². The minimum absolute atomic E-state index is 0.110. The van der Waals surface area contributed by atoms with Gasteiger partial charge in [0.25, 0.3) is 0 Å². The summed E-state index contributed by atoms with van der Waals surface area (Å²) in [6, 6.07) is 7.90. The van der Waals surface area contributed by atoms with Gasteiger partial charge in [-0.25, -0.2) is 14.6 Å². The summed E-state index contributed by atoms with van der Waals surface area (Å²) in [6.07, 6.45) is 2.50. The number of ether oxygens (including phenoxy) is 2. The number of benzene rings is 1. The molecule has 2 rings (SSSR count). The molecule has 1 aromatic carbocycles. The molecule has 8 nitrogen and oxygen atoms in total. The number of hydrogen-bond acceptors (Lipinski definition) is 5. The first-order valence-corrected chi connectivity index (χ1v) is 9.39. The van der Waals surface area contributed by atoms with Crippen LogP contribution in [0.5, 0.6) is 0 Å². The number of nitrogens with one attached hydrogen (secondary N) is 1. The highest BCUT2D eigenvalue weighted by Crippen LogP contribution is 2.40. The second-order valence-electron chi connectivity index (χ2n) is 6.97. The Morgan fingerprint density at radius 1 is 1.21 bits per heavy atom. The van der Waals surface area contributed by atoms with Crippen molar-refractivity contribution in [2.24, 2.45) is 15.7 Å². The summed E-state index contributed by atoms with van der Waals surface area (Å²) in [5.74, 6) is 0.0136. The van der Waals surface area contributed by atoms with Gasteiger partial charge in [-0.2, -0.15) is 0 Å². The average Bonchev–Trinajstić information content (AvgIpc) is 3.49. The fourth-order valence-electron chi connectivity index (χ4n) is 2.59. The number of nitrogens with zero attached hydrogens (tertiary/aromatic N) is 2. The summed E-state index contributed by atoms with van der Waals surface area (Å²) in [6.45, 7) is 5.17. The maximum atomic E-state index is 12.3. The third-order valence-corrected chi connectivity index (χ3v) is 4.19. The molecule has 0 heterocycles. The molecule has 1 aliphatic carbocycles. The molecular formula is C20H28N4O4. The second kappa shape index (κ2) is 10.4. The van der Waals surface area contributed by atoms with Crippen molar-refractivity contribution in [1.82, 2.24) is 5.32 Å². The first-order valence-electron chi connectivity index (χ1n) is 9.39. The van der Waals surface area contributed by atoms with Gasteiger partial charge in [0, 0.05) is 0 Å². The normalized spacial score (nSPS) is 16.3. The molecule has 1 aromatic rings. The number of hydrogen-bond donors (Lipinski definition) is 2. The van der Waals surface area contributed by atoms with Crippen LogP contribution >= 0.6 is 0 Å². The van der Waals surface area contributed by atoms with Gasteiger partial charge in [-0.1, -0.05) is 24.3 Å². The van der Waals surface area contributed by atoms with Crippen LogP contribution in [0.15, 0.2) is 34.3 Å². The molecule has 2 atom stereocenters. The lowest BCUT2D eigenvalue weighted by molar-refractivity contribution is -0.156. The predicted octanol–water partition coefficient (Wildman–Crippen LogP) is 2.69. The van der Waals surface area contributed by atoms with Crippen LogP contribution in [0.1, 0.15) is 56.7 Å². The van der Waals surface area contributed by atoms with E-state index in [-0.39, 0.29) is 18.7 Å². The maximum absolute atomic E-state index is 12.3. The van der Waals surface area contributed by atoms with Crippen LogP contribution in [-0.4, -0.2) is 43.5 Å². The van der Waals surface area contributed by atoms with E-state index < -0.39 is 18.2 Å². The van der Waals surface area contributed by atoms with Gasteiger partial charge in [-0.3, -0.25) is 4.99 Å². The third-order valence-electron chi connectivity index (χ3n) is 4.19. The number of carbonyl (C=O) groups excluding carboxylic acids is 2. The Morgan fingerprint density at radius 3 is 2.46 bits per heavy atom. The molecule has 0 spiro atoms. The Labute approximate surface area is 165 Å². The molecule has 28 heavy (non-hydrogen) atoms. The molecule has 0 saturated heterocycles. The van der Waals surface area contributed by atoms with Crippen LogP contribution in [-0.2, 0) is 14.3 Å². The van der Waals surface area contributed by atoms with E-state index in [0.29, 0.717) is 5.92 Å². The Balaban J connectivity index is 1.93. The number of carbonyl (C=O) groups is 2. The van der Waals surface area contributed by atoms with Crippen molar-refractivity contribution in [2.45, 2.75) is 57.8 Å². The van der Waals surface area contributed by atoms with Crippen molar-refractivity contribution in [3.05, 3.63) is 35.4 Å². The zero-order valence-electron chi connectivity index (χ0n) is 16.5. The topological polar surface area (TPSA) is 115 Å². The number of amides is 1. The molecule has 1 saturated carbocycles. The smallest absolute Gasteiger partial charge is 0.408 e. The number of nitrogens with two attached hydrogens (primary N) is 1. The van der Waals surface area contributed by atoms with E-state index in [2.05, 4.69) is 27.4 Å². The van der Waals surface area contributed by atoms with E-state index in [1.54, 1.807) is 13.8 Å². The highest BCUT2D eigenvalue weighted by Gasteiger charge is 2.26. The summed E-state index contributed by atoms with van der Waals surface area (Å²) in [5, 5.41) is 2.73. The summed E-state index contributed by atoms with van der Waals surface area (Å²) < 4.78 is 10.4. The lowest BCUT2D eigenvalue weighted by Gasteiger charge is -2.19. The highest BCUT2D eigenvalue weighted by molar-refractivity contribution is 5.79. The van der Waals surface area contributed by atoms with Crippen molar-refractivity contribution in [3.63, 3.8) is 0 Å². The number of aliphatic imine (C=N–C) groups is 2. The van der Waals surface area contributed by atoms with Gasteiger partial charge in [0.05, 0.1) is 25.0 Å². The maximum Gasteiger partial charge on any atom is 0.408 e. The number of esters is 1. The lowest BCUT2D eigenvalue weighted by atomic mass is 10.0. The van der Waals surface area contributed by atoms with E-state index >= 15 is 0 Å². The fraction of sp³-hybridized carbons (Fsp3) is 0.500. The SMILES string of the molecule is CC(C)OC(=O)[C@@H](CN=CN=CN)OC(=O)N[C@@H](C)c1ccc(C2CC2)cc1. The first-order chi connectivity index (χ1) is 13.4. The standard InChI is InChI=1S/C20H28N4O4/c1-13(2)27-19(25)18(10-22-12-23-11-21)28-20(26)24-14(3)15-4-6-16(7-5-15)17-8-9-17/h4-7,11-14,17-18H,8-10H2,1-3H3,(H,24,26)(H2,21,22,23)/t14-,18+/m0/s1. The zero-order chi connectivity index (χ0) is 20.5. The molecule has 0 radical (unpaired) electrons. The van der Waals surface area contributed by atoms with Gasteiger partial charge in [0.1, 0.15) is 6.34 Å². The van der Waals surface area contributed by atoms with Gasteiger partial charge >= 0.3 is 12.1 Å². The molecule has 152 valence electrons. The summed E-state index contributed by atoms with van der Waals surface area (Å²) in [5.41, 5.74) is 7.40. The summed E-state index contributed by atoms with van der Waals surface area (Å²) in [4.78, 5) is 31.9. The summed E-state index contributed by atoms with van der Waals surface area (Å²) in [7, 11) is 0. The van der Waals surface area contributed by atoms with Crippen molar-refractivity contribution in [3.8, 4) is 0 Å². The predicted molar refractivity (Wildman–Crippen MR) is 108 cm³/mol.